The van der Waals surface area contributed by atoms with E-state index in [0.717, 1.165) is 73.7 Å². The van der Waals surface area contributed by atoms with Crippen LogP contribution < -0.4 is 15.6 Å². The summed E-state index contributed by atoms with van der Waals surface area (Å²) >= 11 is 5.81. The average Bonchev–Trinajstić information content (AvgIpc) is 2.85. The zero-order chi connectivity index (χ0) is 23.9. The molecule has 0 saturated carbocycles. The van der Waals surface area contributed by atoms with Crippen LogP contribution in [0.4, 0.5) is 5.69 Å². The van der Waals surface area contributed by atoms with Gasteiger partial charge in [0.15, 0.2) is 5.11 Å². The summed E-state index contributed by atoms with van der Waals surface area (Å²) in [5.41, 5.74) is 3.40. The number of pyridine rings is 1. The lowest BCUT2D eigenvalue weighted by molar-refractivity contribution is 0.0367. The van der Waals surface area contributed by atoms with E-state index in [-0.39, 0.29) is 5.56 Å². The number of aromatic amines is 1. The second kappa shape index (κ2) is 11.5. The van der Waals surface area contributed by atoms with Crippen LogP contribution in [0.15, 0.2) is 53.3 Å². The third kappa shape index (κ3) is 6.14. The number of hydrogen-bond donors (Lipinski definition) is 2. The SMILES string of the molecule is COc1ccccc1NC(=S)N(CCCN1CCOCC1)Cc1cc2cc(C)ccc2[nH]c1=O. The van der Waals surface area contributed by atoms with Crippen LogP contribution in [0.25, 0.3) is 10.9 Å². The van der Waals surface area contributed by atoms with Crippen LogP contribution in [0.3, 0.4) is 0 Å². The van der Waals surface area contributed by atoms with E-state index >= 15 is 0 Å². The number of methoxy groups -OCH3 is 1. The molecule has 4 rings (SSSR count). The molecule has 0 atom stereocenters. The van der Waals surface area contributed by atoms with Crippen molar-refractivity contribution in [2.45, 2.75) is 19.9 Å². The number of fused-ring (bicyclic) bond motifs is 1. The maximum Gasteiger partial charge on any atom is 0.253 e. The number of benzene rings is 2. The van der Waals surface area contributed by atoms with Crippen LogP contribution in [0.5, 0.6) is 5.75 Å². The molecule has 0 spiro atoms. The number of ether oxygens (including phenoxy) is 2. The molecule has 1 saturated heterocycles. The van der Waals surface area contributed by atoms with Gasteiger partial charge in [0.2, 0.25) is 0 Å². The van der Waals surface area contributed by atoms with Gasteiger partial charge in [-0.15, -0.1) is 0 Å². The maximum absolute atomic E-state index is 12.9. The number of aryl methyl sites for hydroxylation is 1. The highest BCUT2D eigenvalue weighted by atomic mass is 32.1. The molecule has 1 aliphatic rings. The lowest BCUT2D eigenvalue weighted by atomic mass is 10.1. The van der Waals surface area contributed by atoms with Crippen molar-refractivity contribution in [2.75, 3.05) is 51.8 Å². The van der Waals surface area contributed by atoms with E-state index in [2.05, 4.69) is 33.1 Å². The highest BCUT2D eigenvalue weighted by molar-refractivity contribution is 7.80. The fourth-order valence-electron chi connectivity index (χ4n) is 4.20. The summed E-state index contributed by atoms with van der Waals surface area (Å²) in [6.45, 7) is 7.62. The van der Waals surface area contributed by atoms with Crippen LogP contribution in [0, 0.1) is 6.92 Å². The number of morpholine rings is 1. The Balaban J connectivity index is 1.53. The first-order valence-electron chi connectivity index (χ1n) is 11.6. The molecule has 0 amide bonds. The summed E-state index contributed by atoms with van der Waals surface area (Å²) in [4.78, 5) is 20.4. The number of aromatic nitrogens is 1. The second-order valence-corrected chi connectivity index (χ2v) is 8.96. The molecule has 34 heavy (non-hydrogen) atoms. The Morgan fingerprint density at radius 3 is 2.79 bits per heavy atom. The Morgan fingerprint density at radius 1 is 1.21 bits per heavy atom. The molecule has 2 N–H and O–H groups in total. The molecule has 0 unspecified atom stereocenters. The van der Waals surface area contributed by atoms with E-state index < -0.39 is 0 Å². The van der Waals surface area contributed by atoms with Gasteiger partial charge < -0.3 is 24.7 Å². The largest absolute Gasteiger partial charge is 0.495 e. The van der Waals surface area contributed by atoms with Gasteiger partial charge in [-0.3, -0.25) is 9.69 Å². The van der Waals surface area contributed by atoms with Crippen molar-refractivity contribution in [1.29, 1.82) is 0 Å². The van der Waals surface area contributed by atoms with Crippen LogP contribution >= 0.6 is 12.2 Å². The van der Waals surface area contributed by atoms with Crippen LogP contribution in [-0.2, 0) is 11.3 Å². The minimum Gasteiger partial charge on any atom is -0.495 e. The first kappa shape index (κ1) is 24.2. The molecule has 0 radical (unpaired) electrons. The Labute approximate surface area is 205 Å². The molecular weight excluding hydrogens is 448 g/mol. The molecular formula is C26H32N4O3S. The minimum absolute atomic E-state index is 0.0883. The predicted octanol–water partition coefficient (Wildman–Crippen LogP) is 3.77. The van der Waals surface area contributed by atoms with Crippen molar-refractivity contribution in [2.24, 2.45) is 0 Å². The van der Waals surface area contributed by atoms with Crippen molar-refractivity contribution in [1.82, 2.24) is 14.8 Å². The van der Waals surface area contributed by atoms with Gasteiger partial charge in [-0.1, -0.05) is 23.8 Å². The van der Waals surface area contributed by atoms with Crippen LogP contribution in [0.2, 0.25) is 0 Å². The molecule has 3 aromatic rings. The second-order valence-electron chi connectivity index (χ2n) is 8.57. The Hall–Kier alpha value is -2.94. The zero-order valence-electron chi connectivity index (χ0n) is 19.8. The van der Waals surface area contributed by atoms with E-state index in [1.807, 2.05) is 42.5 Å². The quantitative estimate of drug-likeness (QED) is 0.476. The van der Waals surface area contributed by atoms with Gasteiger partial charge in [-0.2, -0.15) is 0 Å². The third-order valence-corrected chi connectivity index (χ3v) is 6.44. The Kier molecular flexibility index (Phi) is 8.16. The predicted molar refractivity (Wildman–Crippen MR) is 141 cm³/mol. The van der Waals surface area contributed by atoms with Gasteiger partial charge >= 0.3 is 0 Å². The van der Waals surface area contributed by atoms with Crippen molar-refractivity contribution < 1.29 is 9.47 Å². The number of thiocarbonyl (C=S) groups is 1. The number of hydrogen-bond acceptors (Lipinski definition) is 5. The van der Waals surface area contributed by atoms with E-state index in [4.69, 9.17) is 21.7 Å². The van der Waals surface area contributed by atoms with Crippen LogP contribution in [0.1, 0.15) is 17.5 Å². The standard InChI is InChI=1S/C26H32N4O3S/c1-19-8-9-22-20(16-19)17-21(25(31)27-22)18-30(11-5-10-29-12-14-33-15-13-29)26(34)28-23-6-3-4-7-24(23)32-2/h3-4,6-9,16-17H,5,10-15,18H2,1-2H3,(H,27,31)(H,28,34). The molecule has 0 bridgehead atoms. The van der Waals surface area contributed by atoms with E-state index in [1.54, 1.807) is 7.11 Å². The first-order chi connectivity index (χ1) is 16.5. The number of nitrogens with one attached hydrogen (secondary N) is 2. The third-order valence-electron chi connectivity index (χ3n) is 6.08. The monoisotopic (exact) mass is 480 g/mol. The minimum atomic E-state index is -0.0883. The summed E-state index contributed by atoms with van der Waals surface area (Å²) in [5.74, 6) is 0.720. The average molecular weight is 481 g/mol. The molecule has 2 aromatic carbocycles. The highest BCUT2D eigenvalue weighted by Gasteiger charge is 2.16. The van der Waals surface area contributed by atoms with Crippen molar-refractivity contribution in [3.8, 4) is 5.75 Å². The number of anilines is 1. The number of H-pyrrole nitrogens is 1. The summed E-state index contributed by atoms with van der Waals surface area (Å²) in [6.07, 6.45) is 0.929. The highest BCUT2D eigenvalue weighted by Crippen LogP contribution is 2.24. The topological polar surface area (TPSA) is 69.8 Å². The lowest BCUT2D eigenvalue weighted by Gasteiger charge is -2.29. The summed E-state index contributed by atoms with van der Waals surface area (Å²) in [5, 5.41) is 4.91. The Bertz CT molecular complexity index is 1190. The summed E-state index contributed by atoms with van der Waals surface area (Å²) in [6, 6.07) is 15.7. The number of para-hydroxylation sites is 2. The van der Waals surface area contributed by atoms with Gasteiger partial charge in [0, 0.05) is 37.3 Å². The van der Waals surface area contributed by atoms with E-state index in [1.165, 1.54) is 0 Å². The first-order valence-corrected chi connectivity index (χ1v) is 12.1. The van der Waals surface area contributed by atoms with E-state index in [0.29, 0.717) is 17.2 Å². The fraction of sp³-hybridized carbons (Fsp3) is 0.385. The molecule has 7 nitrogen and oxygen atoms in total. The molecule has 1 aromatic heterocycles. The van der Waals surface area contributed by atoms with Gasteiger partial charge in [0.05, 0.1) is 32.6 Å². The van der Waals surface area contributed by atoms with Crippen molar-refractivity contribution in [3.05, 3.63) is 70.0 Å². The van der Waals surface area contributed by atoms with Crippen molar-refractivity contribution >= 4 is 33.9 Å². The zero-order valence-corrected chi connectivity index (χ0v) is 20.6. The van der Waals surface area contributed by atoms with Gasteiger partial charge in [0.1, 0.15) is 5.75 Å². The van der Waals surface area contributed by atoms with Crippen molar-refractivity contribution in [3.63, 3.8) is 0 Å². The molecule has 180 valence electrons. The van der Waals surface area contributed by atoms with Gasteiger partial charge in [-0.25, -0.2) is 0 Å². The smallest absolute Gasteiger partial charge is 0.253 e. The van der Waals surface area contributed by atoms with E-state index in [9.17, 15) is 4.79 Å². The fourth-order valence-corrected chi connectivity index (χ4v) is 4.46. The van der Waals surface area contributed by atoms with Gasteiger partial charge in [-0.05, 0) is 61.3 Å². The number of nitrogens with zero attached hydrogens (tertiary/aromatic N) is 2. The summed E-state index contributed by atoms with van der Waals surface area (Å²) in [7, 11) is 1.64. The Morgan fingerprint density at radius 2 is 2.00 bits per heavy atom. The molecule has 1 fully saturated rings. The molecule has 1 aliphatic heterocycles. The lowest BCUT2D eigenvalue weighted by Crippen LogP contribution is -2.40. The van der Waals surface area contributed by atoms with Crippen LogP contribution in [-0.4, -0.2) is 66.4 Å². The molecule has 8 heteroatoms. The number of rotatable bonds is 8. The summed E-state index contributed by atoms with van der Waals surface area (Å²) < 4.78 is 10.9. The maximum atomic E-state index is 12.9. The van der Waals surface area contributed by atoms with Gasteiger partial charge in [0.25, 0.3) is 5.56 Å². The molecule has 0 aliphatic carbocycles. The molecule has 2 heterocycles. The normalized spacial score (nSPS) is 14.2.